The molecule has 0 bridgehead atoms. The first-order chi connectivity index (χ1) is 11.4. The molecular formula is C20H32ClN3O. The Balaban J connectivity index is 0.00000312. The Bertz CT molecular complexity index is 660. The Hall–Kier alpha value is -1.52. The van der Waals surface area contributed by atoms with Crippen LogP contribution < -0.4 is 10.1 Å². The second-order valence-corrected chi connectivity index (χ2v) is 7.24. The van der Waals surface area contributed by atoms with Crippen molar-refractivity contribution >= 4 is 29.0 Å². The fourth-order valence-electron chi connectivity index (χ4n) is 3.02. The third kappa shape index (κ3) is 6.05. The van der Waals surface area contributed by atoms with Gasteiger partial charge in [-0.1, -0.05) is 19.9 Å². The fraction of sp³-hybridized carbons (Fsp3) is 0.550. The Kier molecular flexibility index (Phi) is 8.46. The van der Waals surface area contributed by atoms with Crippen molar-refractivity contribution in [1.29, 1.82) is 0 Å². The standard InChI is InChI=1S/C20H31N3O.ClH/c1-14(2)12-23(15(3)4)13-16(5)22-19-11-18(24-6)10-17-8-7-9-21-20(17)19;/h7-11,14-16,22H,12-13H2,1-6H3;1H. The molecule has 1 aromatic heterocycles. The smallest absolute Gasteiger partial charge is 0.121 e. The maximum atomic E-state index is 5.44. The van der Waals surface area contributed by atoms with Gasteiger partial charge in [-0.15, -0.1) is 12.4 Å². The normalized spacial score (nSPS) is 12.5. The van der Waals surface area contributed by atoms with Gasteiger partial charge in [0, 0.05) is 42.8 Å². The molecule has 0 saturated heterocycles. The number of benzene rings is 1. The molecule has 0 saturated carbocycles. The van der Waals surface area contributed by atoms with E-state index in [-0.39, 0.29) is 12.4 Å². The summed E-state index contributed by atoms with van der Waals surface area (Å²) in [6.45, 7) is 13.4. The van der Waals surface area contributed by atoms with E-state index in [9.17, 15) is 0 Å². The molecule has 0 amide bonds. The lowest BCUT2D eigenvalue weighted by molar-refractivity contribution is 0.192. The zero-order valence-corrected chi connectivity index (χ0v) is 17.1. The van der Waals surface area contributed by atoms with Crippen LogP contribution in [0.15, 0.2) is 30.5 Å². The first-order valence-electron chi connectivity index (χ1n) is 8.84. The molecule has 0 spiro atoms. The average molecular weight is 366 g/mol. The van der Waals surface area contributed by atoms with Gasteiger partial charge in [-0.05, 0) is 38.8 Å². The van der Waals surface area contributed by atoms with Crippen molar-refractivity contribution in [3.05, 3.63) is 30.5 Å². The highest BCUT2D eigenvalue weighted by Crippen LogP contribution is 2.28. The summed E-state index contributed by atoms with van der Waals surface area (Å²) < 4.78 is 5.44. The number of hydrogen-bond donors (Lipinski definition) is 1. The van der Waals surface area contributed by atoms with Crippen molar-refractivity contribution in [3.63, 3.8) is 0 Å². The number of fused-ring (bicyclic) bond motifs is 1. The van der Waals surface area contributed by atoms with Crippen LogP contribution in [0.25, 0.3) is 10.9 Å². The third-order valence-electron chi connectivity index (χ3n) is 4.15. The Labute approximate surface area is 158 Å². The number of methoxy groups -OCH3 is 1. The number of aromatic nitrogens is 1. The fourth-order valence-corrected chi connectivity index (χ4v) is 3.02. The summed E-state index contributed by atoms with van der Waals surface area (Å²) in [5, 5.41) is 4.73. The maximum Gasteiger partial charge on any atom is 0.121 e. The Morgan fingerprint density at radius 3 is 2.44 bits per heavy atom. The molecule has 5 heteroatoms. The first-order valence-corrected chi connectivity index (χ1v) is 8.84. The summed E-state index contributed by atoms with van der Waals surface area (Å²) >= 11 is 0. The molecule has 0 aliphatic rings. The van der Waals surface area contributed by atoms with Gasteiger partial charge in [-0.25, -0.2) is 0 Å². The summed E-state index contributed by atoms with van der Waals surface area (Å²) in [4.78, 5) is 7.07. The van der Waals surface area contributed by atoms with Crippen molar-refractivity contribution in [3.8, 4) is 5.75 Å². The van der Waals surface area contributed by atoms with E-state index in [2.05, 4.69) is 55.9 Å². The van der Waals surface area contributed by atoms with Crippen molar-refractivity contribution in [2.45, 2.75) is 46.7 Å². The van der Waals surface area contributed by atoms with E-state index in [0.29, 0.717) is 18.0 Å². The van der Waals surface area contributed by atoms with Crippen molar-refractivity contribution in [1.82, 2.24) is 9.88 Å². The molecule has 1 atom stereocenters. The molecule has 1 N–H and O–H groups in total. The molecular weight excluding hydrogens is 334 g/mol. The number of pyridine rings is 1. The van der Waals surface area contributed by atoms with Gasteiger partial charge < -0.3 is 10.1 Å². The van der Waals surface area contributed by atoms with E-state index in [4.69, 9.17) is 4.74 Å². The van der Waals surface area contributed by atoms with Gasteiger partial charge in [0.05, 0.1) is 18.3 Å². The zero-order chi connectivity index (χ0) is 17.7. The molecule has 2 aromatic rings. The first kappa shape index (κ1) is 21.5. The lowest BCUT2D eigenvalue weighted by Gasteiger charge is -2.31. The topological polar surface area (TPSA) is 37.4 Å². The molecule has 140 valence electrons. The van der Waals surface area contributed by atoms with Gasteiger partial charge in [0.15, 0.2) is 0 Å². The number of nitrogens with zero attached hydrogens (tertiary/aromatic N) is 2. The number of anilines is 1. The third-order valence-corrected chi connectivity index (χ3v) is 4.15. The Morgan fingerprint density at radius 2 is 1.84 bits per heavy atom. The molecule has 2 rings (SSSR count). The van der Waals surface area contributed by atoms with Crippen LogP contribution in [0.1, 0.15) is 34.6 Å². The van der Waals surface area contributed by atoms with E-state index in [1.165, 1.54) is 0 Å². The predicted octanol–water partition coefficient (Wildman–Crippen LogP) is 4.83. The summed E-state index contributed by atoms with van der Waals surface area (Å²) in [6.07, 6.45) is 1.84. The predicted molar refractivity (Wildman–Crippen MR) is 110 cm³/mol. The van der Waals surface area contributed by atoms with Crippen LogP contribution >= 0.6 is 12.4 Å². The number of rotatable bonds is 8. The van der Waals surface area contributed by atoms with E-state index in [0.717, 1.165) is 35.4 Å². The summed E-state index contributed by atoms with van der Waals surface area (Å²) in [5.41, 5.74) is 2.02. The second kappa shape index (κ2) is 9.83. The van der Waals surface area contributed by atoms with Gasteiger partial charge in [0.25, 0.3) is 0 Å². The molecule has 1 heterocycles. The van der Waals surface area contributed by atoms with Crippen LogP contribution in [-0.2, 0) is 0 Å². The monoisotopic (exact) mass is 365 g/mol. The van der Waals surface area contributed by atoms with Crippen LogP contribution in [-0.4, -0.2) is 42.2 Å². The highest BCUT2D eigenvalue weighted by molar-refractivity contribution is 5.91. The van der Waals surface area contributed by atoms with Gasteiger partial charge in [0.1, 0.15) is 5.75 Å². The van der Waals surface area contributed by atoms with Crippen LogP contribution in [0.5, 0.6) is 5.75 Å². The van der Waals surface area contributed by atoms with Gasteiger partial charge in [0.2, 0.25) is 0 Å². The van der Waals surface area contributed by atoms with Crippen molar-refractivity contribution in [2.75, 3.05) is 25.5 Å². The molecule has 0 aliphatic carbocycles. The summed E-state index contributed by atoms with van der Waals surface area (Å²) in [5.74, 6) is 1.52. The lowest BCUT2D eigenvalue weighted by atomic mass is 10.1. The van der Waals surface area contributed by atoms with Gasteiger partial charge in [-0.3, -0.25) is 9.88 Å². The quantitative estimate of drug-likeness (QED) is 0.726. The minimum Gasteiger partial charge on any atom is -0.497 e. The van der Waals surface area contributed by atoms with Crippen LogP contribution in [0.3, 0.4) is 0 Å². The van der Waals surface area contributed by atoms with Crippen molar-refractivity contribution < 1.29 is 4.74 Å². The molecule has 1 aromatic carbocycles. The SMILES string of the molecule is COc1cc(NC(C)CN(CC(C)C)C(C)C)c2ncccc2c1.Cl. The summed E-state index contributed by atoms with van der Waals surface area (Å²) in [6, 6.07) is 8.95. The lowest BCUT2D eigenvalue weighted by Crippen LogP contribution is -2.41. The molecule has 0 radical (unpaired) electrons. The average Bonchev–Trinajstić information content (AvgIpc) is 2.53. The van der Waals surface area contributed by atoms with Gasteiger partial charge >= 0.3 is 0 Å². The van der Waals surface area contributed by atoms with Crippen LogP contribution in [0.2, 0.25) is 0 Å². The number of halogens is 1. The Morgan fingerprint density at radius 1 is 1.12 bits per heavy atom. The van der Waals surface area contributed by atoms with Crippen LogP contribution in [0.4, 0.5) is 5.69 Å². The van der Waals surface area contributed by atoms with Gasteiger partial charge in [-0.2, -0.15) is 0 Å². The molecule has 0 fully saturated rings. The largest absolute Gasteiger partial charge is 0.497 e. The molecule has 0 aliphatic heterocycles. The van der Waals surface area contributed by atoms with E-state index in [1.54, 1.807) is 7.11 Å². The zero-order valence-electron chi connectivity index (χ0n) is 16.2. The number of nitrogens with one attached hydrogen (secondary N) is 1. The molecule has 1 unspecified atom stereocenters. The highest BCUT2D eigenvalue weighted by atomic mass is 35.5. The minimum absolute atomic E-state index is 0. The highest BCUT2D eigenvalue weighted by Gasteiger charge is 2.16. The van der Waals surface area contributed by atoms with Crippen LogP contribution in [0, 0.1) is 5.92 Å². The second-order valence-electron chi connectivity index (χ2n) is 7.24. The maximum absolute atomic E-state index is 5.44. The van der Waals surface area contributed by atoms with E-state index in [1.807, 2.05) is 24.4 Å². The molecule has 4 nitrogen and oxygen atoms in total. The number of hydrogen-bond acceptors (Lipinski definition) is 4. The van der Waals surface area contributed by atoms with E-state index < -0.39 is 0 Å². The summed E-state index contributed by atoms with van der Waals surface area (Å²) in [7, 11) is 1.70. The number of ether oxygens (including phenoxy) is 1. The van der Waals surface area contributed by atoms with E-state index >= 15 is 0 Å². The minimum atomic E-state index is 0. The molecule has 25 heavy (non-hydrogen) atoms. The van der Waals surface area contributed by atoms with Crippen molar-refractivity contribution in [2.24, 2.45) is 5.92 Å².